The lowest BCUT2D eigenvalue weighted by Crippen LogP contribution is -2.11. The highest BCUT2D eigenvalue weighted by molar-refractivity contribution is 6.21. The monoisotopic (exact) mass is 268 g/mol. The molecule has 0 radical (unpaired) electrons. The lowest BCUT2D eigenvalue weighted by Gasteiger charge is -2.01. The fourth-order valence-corrected chi connectivity index (χ4v) is 1.56. The Kier molecular flexibility index (Phi) is 10.7. The van der Waals surface area contributed by atoms with Crippen LogP contribution in [0.15, 0.2) is 0 Å². The van der Waals surface area contributed by atoms with Crippen molar-refractivity contribution in [1.82, 2.24) is 9.67 Å². The van der Waals surface area contributed by atoms with Crippen molar-refractivity contribution in [3.8, 4) is 0 Å². The summed E-state index contributed by atoms with van der Waals surface area (Å²) < 4.78 is 0. The Morgan fingerprint density at radius 3 is 1.31 bits per heavy atom. The van der Waals surface area contributed by atoms with Gasteiger partial charge in [-0.3, -0.25) is 19.3 Å². The van der Waals surface area contributed by atoms with E-state index in [4.69, 9.17) is 23.6 Å². The Morgan fingerprint density at radius 2 is 1.00 bits per heavy atom. The van der Waals surface area contributed by atoms with E-state index in [2.05, 4.69) is 9.67 Å². The van der Waals surface area contributed by atoms with Gasteiger partial charge >= 0.3 is 0 Å². The standard InChI is InChI=1S/C10H18Cl2N2O2/c11-13-9(15)7-5-3-1-2-4-6-8-10(16)14-12/h1-8H2,(H,13,15)(H,14,16). The van der Waals surface area contributed by atoms with Gasteiger partial charge in [0.25, 0.3) is 0 Å². The summed E-state index contributed by atoms with van der Waals surface area (Å²) in [6, 6.07) is 0. The molecule has 0 saturated heterocycles. The lowest BCUT2D eigenvalue weighted by molar-refractivity contribution is -0.120. The summed E-state index contributed by atoms with van der Waals surface area (Å²) in [4.78, 5) is 25.7. The van der Waals surface area contributed by atoms with Crippen LogP contribution in [0.25, 0.3) is 0 Å². The molecule has 0 spiro atoms. The van der Waals surface area contributed by atoms with Crippen molar-refractivity contribution in [2.45, 2.75) is 51.4 Å². The Bertz CT molecular complexity index is 191. The highest BCUT2D eigenvalue weighted by Gasteiger charge is 2.00. The molecular formula is C10H18Cl2N2O2. The summed E-state index contributed by atoms with van der Waals surface area (Å²) >= 11 is 10.3. The number of carbonyl (C=O) groups excluding carboxylic acids is 2. The molecule has 4 nitrogen and oxygen atoms in total. The summed E-state index contributed by atoms with van der Waals surface area (Å²) in [6.45, 7) is 0. The van der Waals surface area contributed by atoms with E-state index in [1.54, 1.807) is 0 Å². The molecule has 2 N–H and O–H groups in total. The Morgan fingerprint density at radius 1 is 0.688 bits per heavy atom. The predicted molar refractivity (Wildman–Crippen MR) is 64.9 cm³/mol. The molecule has 0 rings (SSSR count). The van der Waals surface area contributed by atoms with Crippen LogP contribution in [0.3, 0.4) is 0 Å². The molecule has 0 aromatic carbocycles. The van der Waals surface area contributed by atoms with Crippen molar-refractivity contribution in [3.05, 3.63) is 0 Å². The fourth-order valence-electron chi connectivity index (χ4n) is 1.37. The van der Waals surface area contributed by atoms with Crippen LogP contribution in [0, 0.1) is 0 Å². The number of carbonyl (C=O) groups is 2. The van der Waals surface area contributed by atoms with Gasteiger partial charge in [0.1, 0.15) is 0 Å². The molecule has 0 aliphatic heterocycles. The molecule has 0 fully saturated rings. The zero-order valence-electron chi connectivity index (χ0n) is 9.23. The topological polar surface area (TPSA) is 58.2 Å². The number of unbranched alkanes of at least 4 members (excludes halogenated alkanes) is 5. The van der Waals surface area contributed by atoms with E-state index < -0.39 is 0 Å². The van der Waals surface area contributed by atoms with Gasteiger partial charge in [-0.05, 0) is 12.8 Å². The van der Waals surface area contributed by atoms with Gasteiger partial charge in [0.05, 0.1) is 0 Å². The Labute approximate surface area is 106 Å². The molecule has 0 heterocycles. The second kappa shape index (κ2) is 11.0. The predicted octanol–water partition coefficient (Wildman–Crippen LogP) is 2.65. The molecule has 6 heteroatoms. The zero-order chi connectivity index (χ0) is 12.2. The molecule has 0 atom stereocenters. The third-order valence-corrected chi connectivity index (χ3v) is 2.69. The van der Waals surface area contributed by atoms with Gasteiger partial charge in [-0.15, -0.1) is 0 Å². The van der Waals surface area contributed by atoms with E-state index in [0.29, 0.717) is 12.8 Å². The van der Waals surface area contributed by atoms with E-state index in [9.17, 15) is 9.59 Å². The van der Waals surface area contributed by atoms with Gasteiger partial charge in [-0.25, -0.2) is 0 Å². The third kappa shape index (κ3) is 10.1. The summed E-state index contributed by atoms with van der Waals surface area (Å²) in [5.41, 5.74) is 0. The quantitative estimate of drug-likeness (QED) is 0.499. The normalized spacial score (nSPS) is 9.88. The van der Waals surface area contributed by atoms with Crippen LogP contribution in [0.5, 0.6) is 0 Å². The molecule has 0 aromatic heterocycles. The maximum atomic E-state index is 10.8. The average molecular weight is 269 g/mol. The van der Waals surface area contributed by atoms with Crippen LogP contribution in [0.1, 0.15) is 51.4 Å². The van der Waals surface area contributed by atoms with Crippen molar-refractivity contribution in [1.29, 1.82) is 0 Å². The average Bonchev–Trinajstić information content (AvgIpc) is 2.31. The SMILES string of the molecule is O=C(CCCCCCCCC(=O)NCl)NCl. The molecule has 0 bridgehead atoms. The second-order valence-corrected chi connectivity index (χ2v) is 4.03. The van der Waals surface area contributed by atoms with Crippen molar-refractivity contribution in [2.24, 2.45) is 0 Å². The molecule has 0 aromatic rings. The van der Waals surface area contributed by atoms with Gasteiger partial charge in [0, 0.05) is 36.4 Å². The highest BCUT2D eigenvalue weighted by atomic mass is 35.5. The van der Waals surface area contributed by atoms with E-state index in [-0.39, 0.29) is 11.8 Å². The summed E-state index contributed by atoms with van der Waals surface area (Å²) in [6.07, 6.45) is 6.89. The second-order valence-electron chi connectivity index (χ2n) is 3.66. The first-order valence-corrected chi connectivity index (χ1v) is 6.25. The minimum Gasteiger partial charge on any atom is -0.274 e. The Hall–Kier alpha value is -0.480. The largest absolute Gasteiger partial charge is 0.274 e. The molecule has 2 amide bonds. The Balaban J connectivity index is 3.10. The first kappa shape index (κ1) is 15.5. The van der Waals surface area contributed by atoms with Crippen LogP contribution in [0.2, 0.25) is 0 Å². The minimum atomic E-state index is -0.125. The number of rotatable bonds is 9. The summed E-state index contributed by atoms with van der Waals surface area (Å²) in [7, 11) is 0. The maximum absolute atomic E-state index is 10.8. The number of halogens is 2. The first-order valence-electron chi connectivity index (χ1n) is 5.49. The van der Waals surface area contributed by atoms with E-state index in [1.807, 2.05) is 0 Å². The van der Waals surface area contributed by atoms with Gasteiger partial charge in [0.2, 0.25) is 11.8 Å². The number of amides is 2. The van der Waals surface area contributed by atoms with E-state index >= 15 is 0 Å². The number of hydrogen-bond acceptors (Lipinski definition) is 2. The van der Waals surface area contributed by atoms with Crippen molar-refractivity contribution in [3.63, 3.8) is 0 Å². The number of nitrogens with one attached hydrogen (secondary N) is 2. The van der Waals surface area contributed by atoms with Crippen LogP contribution < -0.4 is 9.67 Å². The molecule has 94 valence electrons. The molecule has 0 saturated carbocycles. The number of hydrogen-bond donors (Lipinski definition) is 2. The van der Waals surface area contributed by atoms with Gasteiger partial charge in [-0.2, -0.15) is 0 Å². The highest BCUT2D eigenvalue weighted by Crippen LogP contribution is 2.08. The molecule has 16 heavy (non-hydrogen) atoms. The lowest BCUT2D eigenvalue weighted by atomic mass is 10.1. The zero-order valence-corrected chi connectivity index (χ0v) is 10.7. The van der Waals surface area contributed by atoms with Gasteiger partial charge in [0.15, 0.2) is 0 Å². The third-order valence-electron chi connectivity index (χ3n) is 2.27. The molecule has 0 aliphatic rings. The minimum absolute atomic E-state index is 0.125. The van der Waals surface area contributed by atoms with Crippen molar-refractivity contribution < 1.29 is 9.59 Å². The molecular weight excluding hydrogens is 251 g/mol. The van der Waals surface area contributed by atoms with Crippen LogP contribution in [0.4, 0.5) is 0 Å². The molecule has 0 unspecified atom stereocenters. The van der Waals surface area contributed by atoms with Gasteiger partial charge < -0.3 is 0 Å². The summed E-state index contributed by atoms with van der Waals surface area (Å²) in [5, 5.41) is 0. The first-order chi connectivity index (χ1) is 7.70. The van der Waals surface area contributed by atoms with Crippen LogP contribution in [-0.2, 0) is 9.59 Å². The smallest absolute Gasteiger partial charge is 0.234 e. The van der Waals surface area contributed by atoms with Gasteiger partial charge in [-0.1, -0.05) is 25.7 Å². The fraction of sp³-hybridized carbons (Fsp3) is 0.800. The van der Waals surface area contributed by atoms with Crippen LogP contribution >= 0.6 is 23.6 Å². The van der Waals surface area contributed by atoms with Crippen molar-refractivity contribution in [2.75, 3.05) is 0 Å². The van der Waals surface area contributed by atoms with E-state index in [0.717, 1.165) is 38.5 Å². The van der Waals surface area contributed by atoms with Crippen molar-refractivity contribution >= 4 is 35.4 Å². The molecule has 0 aliphatic carbocycles. The van der Waals surface area contributed by atoms with Crippen LogP contribution in [-0.4, -0.2) is 11.8 Å². The van der Waals surface area contributed by atoms with E-state index in [1.165, 1.54) is 0 Å². The maximum Gasteiger partial charge on any atom is 0.234 e. The summed E-state index contributed by atoms with van der Waals surface area (Å²) in [5.74, 6) is -0.249.